The molecule has 3 amide bonds. The number of fused-ring (bicyclic) bond motifs is 1. The maximum Gasteiger partial charge on any atom is 0.490 e. The molecule has 0 unspecified atom stereocenters. The van der Waals surface area contributed by atoms with Gasteiger partial charge in [-0.3, -0.25) is 24.7 Å². The van der Waals surface area contributed by atoms with Crippen LogP contribution in [-0.2, 0) is 21.0 Å². The van der Waals surface area contributed by atoms with Crippen molar-refractivity contribution in [1.82, 2.24) is 15.4 Å². The Morgan fingerprint density at radius 3 is 2.22 bits per heavy atom. The smallest absolute Gasteiger partial charge is 0.489 e. The van der Waals surface area contributed by atoms with Gasteiger partial charge in [-0.1, -0.05) is 18.2 Å². The van der Waals surface area contributed by atoms with Crippen LogP contribution in [0.3, 0.4) is 0 Å². The van der Waals surface area contributed by atoms with Crippen molar-refractivity contribution in [3.63, 3.8) is 0 Å². The summed E-state index contributed by atoms with van der Waals surface area (Å²) in [6.45, 7) is 7.49. The third kappa shape index (κ3) is 8.38. The van der Waals surface area contributed by atoms with Crippen LogP contribution in [0.5, 0.6) is 5.75 Å². The van der Waals surface area contributed by atoms with Gasteiger partial charge in [0.05, 0.1) is 11.4 Å². The number of aliphatic carboxylic acids is 1. The monoisotopic (exact) mass is 634 g/mol. The number of hydrogen-bond acceptors (Lipinski definition) is 7. The quantitative estimate of drug-likeness (QED) is 0.211. The third-order valence-electron chi connectivity index (χ3n) is 6.93. The molecule has 1 aliphatic heterocycles. The van der Waals surface area contributed by atoms with Crippen molar-refractivity contribution in [1.29, 1.82) is 0 Å². The molecule has 4 N–H and O–H groups in total. The zero-order valence-electron chi connectivity index (χ0n) is 24.8. The number of hydrogen-bond donors (Lipinski definition) is 4. The number of nitrogens with zero attached hydrogens (tertiary/aromatic N) is 3. The van der Waals surface area contributed by atoms with Crippen LogP contribution in [0.15, 0.2) is 54.6 Å². The first kappa shape index (κ1) is 34.6. The standard InChI is InChI=1S/C28H32N4O6.C2HF3O2/c1-17-15-18(21-7-5-6-8-23(21)29-17)16-38-20-11-9-19(10-12-20)31-14-13-22(26(31)34)24(25(33)30-37)32(27(35)36)28(2,3)4;3-2(4,5)1(6)7/h5-12,15,22,24,37H,13-14,16H2,1-4H3,(H,30,33)(H,35,36);(H,6,7)/t22-,24+;/m1./s1. The normalized spacial score (nSPS) is 15.6. The summed E-state index contributed by atoms with van der Waals surface area (Å²) in [5.41, 5.74) is 4.00. The number of carboxylic acid groups (broad SMARTS) is 2. The highest BCUT2D eigenvalue weighted by molar-refractivity contribution is 6.01. The average molecular weight is 635 g/mol. The number of aromatic nitrogens is 1. The van der Waals surface area contributed by atoms with Crippen LogP contribution >= 0.6 is 0 Å². The van der Waals surface area contributed by atoms with Crippen molar-refractivity contribution in [3.8, 4) is 5.75 Å². The number of carbonyl (C=O) groups excluding carboxylic acids is 2. The lowest BCUT2D eigenvalue weighted by molar-refractivity contribution is -0.192. The van der Waals surface area contributed by atoms with E-state index in [9.17, 15) is 37.9 Å². The number of para-hydroxylation sites is 1. The van der Waals surface area contributed by atoms with E-state index in [2.05, 4.69) is 4.98 Å². The first-order valence-corrected chi connectivity index (χ1v) is 13.6. The van der Waals surface area contributed by atoms with Crippen molar-refractivity contribution >= 4 is 40.5 Å². The molecule has 1 fully saturated rings. The predicted molar refractivity (Wildman–Crippen MR) is 155 cm³/mol. The number of amides is 3. The Morgan fingerprint density at radius 2 is 1.69 bits per heavy atom. The molecule has 0 bridgehead atoms. The van der Waals surface area contributed by atoms with Gasteiger partial charge in [-0.2, -0.15) is 13.2 Å². The maximum atomic E-state index is 13.4. The molecule has 0 radical (unpaired) electrons. The van der Waals surface area contributed by atoms with E-state index in [-0.39, 0.29) is 12.3 Å². The lowest BCUT2D eigenvalue weighted by Crippen LogP contribution is -2.60. The first-order chi connectivity index (χ1) is 20.9. The first-order valence-electron chi connectivity index (χ1n) is 13.6. The molecule has 2 atom stereocenters. The lowest BCUT2D eigenvalue weighted by Gasteiger charge is -2.40. The van der Waals surface area contributed by atoms with Crippen molar-refractivity contribution in [2.24, 2.45) is 5.92 Å². The van der Waals surface area contributed by atoms with Gasteiger partial charge in [0.1, 0.15) is 18.4 Å². The summed E-state index contributed by atoms with van der Waals surface area (Å²) in [4.78, 5) is 53.9. The molecule has 1 aromatic heterocycles. The summed E-state index contributed by atoms with van der Waals surface area (Å²) in [5.74, 6) is -4.41. The Balaban J connectivity index is 0.000000707. The predicted octanol–water partition coefficient (Wildman–Crippen LogP) is 4.76. The number of nitrogens with one attached hydrogen (secondary N) is 1. The second kappa shape index (κ2) is 13.8. The summed E-state index contributed by atoms with van der Waals surface area (Å²) in [7, 11) is 0. The van der Waals surface area contributed by atoms with Crippen molar-refractivity contribution in [2.75, 3.05) is 11.4 Å². The molecular weight excluding hydrogens is 601 g/mol. The van der Waals surface area contributed by atoms with Gasteiger partial charge in [-0.15, -0.1) is 0 Å². The summed E-state index contributed by atoms with van der Waals surface area (Å²) in [6, 6.07) is 15.5. The zero-order chi connectivity index (χ0) is 33.7. The topological polar surface area (TPSA) is 170 Å². The number of ether oxygens (including phenoxy) is 1. The zero-order valence-corrected chi connectivity index (χ0v) is 24.8. The number of pyridine rings is 1. The minimum atomic E-state index is -5.08. The highest BCUT2D eigenvalue weighted by Crippen LogP contribution is 2.33. The minimum Gasteiger partial charge on any atom is -0.489 e. The van der Waals surface area contributed by atoms with Crippen LogP contribution in [0, 0.1) is 12.8 Å². The molecule has 0 spiro atoms. The number of hydroxylamine groups is 1. The number of aryl methyl sites for hydroxylation is 1. The molecule has 0 aliphatic carbocycles. The van der Waals surface area contributed by atoms with E-state index in [1.165, 1.54) is 10.4 Å². The van der Waals surface area contributed by atoms with Gasteiger partial charge >= 0.3 is 18.2 Å². The second-order valence-electron chi connectivity index (χ2n) is 11.2. The van der Waals surface area contributed by atoms with Gasteiger partial charge in [0.15, 0.2) is 0 Å². The Kier molecular flexibility index (Phi) is 10.6. The molecule has 242 valence electrons. The lowest BCUT2D eigenvalue weighted by atomic mass is 9.92. The number of benzene rings is 2. The van der Waals surface area contributed by atoms with E-state index in [4.69, 9.17) is 14.6 Å². The number of carboxylic acids is 1. The number of alkyl halides is 3. The van der Waals surface area contributed by atoms with Crippen molar-refractivity contribution < 1.29 is 52.5 Å². The Bertz CT molecular complexity index is 1560. The van der Waals surface area contributed by atoms with Crippen molar-refractivity contribution in [3.05, 3.63) is 65.9 Å². The van der Waals surface area contributed by atoms with Crippen LogP contribution in [0.4, 0.5) is 23.7 Å². The molecule has 12 nitrogen and oxygen atoms in total. The number of carbonyl (C=O) groups is 4. The largest absolute Gasteiger partial charge is 0.490 e. The van der Waals surface area contributed by atoms with E-state index in [0.29, 0.717) is 24.6 Å². The molecule has 1 aliphatic rings. The maximum absolute atomic E-state index is 13.4. The van der Waals surface area contributed by atoms with Crippen LogP contribution < -0.4 is 15.1 Å². The summed E-state index contributed by atoms with van der Waals surface area (Å²) in [5, 5.41) is 27.3. The summed E-state index contributed by atoms with van der Waals surface area (Å²) >= 11 is 0. The molecule has 15 heteroatoms. The Hall–Kier alpha value is -4.92. The number of anilines is 1. The Morgan fingerprint density at radius 1 is 1.09 bits per heavy atom. The van der Waals surface area contributed by atoms with E-state index in [1.807, 2.05) is 37.3 Å². The molecule has 2 heterocycles. The van der Waals surface area contributed by atoms with E-state index in [1.54, 1.807) is 45.0 Å². The van der Waals surface area contributed by atoms with Gasteiger partial charge in [-0.05, 0) is 70.5 Å². The molecule has 0 saturated carbocycles. The van der Waals surface area contributed by atoms with Gasteiger partial charge in [-0.25, -0.2) is 15.1 Å². The third-order valence-corrected chi connectivity index (χ3v) is 6.93. The van der Waals surface area contributed by atoms with E-state index in [0.717, 1.165) is 27.1 Å². The fraction of sp³-hybridized carbons (Fsp3) is 0.367. The van der Waals surface area contributed by atoms with Crippen molar-refractivity contribution in [2.45, 2.75) is 58.5 Å². The van der Waals surface area contributed by atoms with Gasteiger partial charge in [0.2, 0.25) is 5.91 Å². The van der Waals surface area contributed by atoms with Gasteiger partial charge in [0, 0.05) is 34.4 Å². The fourth-order valence-corrected chi connectivity index (χ4v) is 5.02. The van der Waals surface area contributed by atoms with Crippen LogP contribution in [0.1, 0.15) is 38.4 Å². The molecular formula is C30H33F3N4O8. The molecule has 1 saturated heterocycles. The second-order valence-corrected chi connectivity index (χ2v) is 11.2. The van der Waals surface area contributed by atoms with Crippen LogP contribution in [0.2, 0.25) is 0 Å². The number of halogens is 3. The van der Waals surface area contributed by atoms with Gasteiger partial charge < -0.3 is 19.8 Å². The van der Waals surface area contributed by atoms with Gasteiger partial charge in [0.25, 0.3) is 5.91 Å². The molecule has 4 rings (SSSR count). The SMILES string of the molecule is Cc1cc(COc2ccc(N3CC[C@H]([C@@H](C(=O)NO)N(C(=O)O)C(C)(C)C)C3=O)cc2)c2ccccc2n1.O=C(O)C(F)(F)F. The molecule has 2 aromatic carbocycles. The van der Waals surface area contributed by atoms with E-state index >= 15 is 0 Å². The molecule has 3 aromatic rings. The highest BCUT2D eigenvalue weighted by Gasteiger charge is 2.48. The summed E-state index contributed by atoms with van der Waals surface area (Å²) < 4.78 is 37.8. The van der Waals surface area contributed by atoms with Crippen LogP contribution in [-0.4, -0.2) is 73.5 Å². The summed E-state index contributed by atoms with van der Waals surface area (Å²) in [6.07, 6.45) is -6.18. The fourth-order valence-electron chi connectivity index (χ4n) is 5.02. The Labute approximate surface area is 256 Å². The molecule has 45 heavy (non-hydrogen) atoms. The van der Waals surface area contributed by atoms with Crippen LogP contribution in [0.25, 0.3) is 10.9 Å². The average Bonchev–Trinajstić information content (AvgIpc) is 3.33. The minimum absolute atomic E-state index is 0.253. The highest BCUT2D eigenvalue weighted by atomic mass is 19.4. The number of rotatable bonds is 7. The van der Waals surface area contributed by atoms with E-state index < -0.39 is 41.6 Å².